The quantitative estimate of drug-likeness (QED) is 0.765. The van der Waals surface area contributed by atoms with E-state index in [1.54, 1.807) is 19.6 Å². The fourth-order valence-electron chi connectivity index (χ4n) is 2.29. The molecule has 0 radical (unpaired) electrons. The molecule has 6 heteroatoms. The van der Waals surface area contributed by atoms with Crippen LogP contribution in [0.3, 0.4) is 0 Å². The predicted molar refractivity (Wildman–Crippen MR) is 63.0 cm³/mol. The molecule has 3 heterocycles. The van der Waals surface area contributed by atoms with Gasteiger partial charge < -0.3 is 9.64 Å². The Morgan fingerprint density at radius 3 is 3.29 bits per heavy atom. The first-order chi connectivity index (χ1) is 8.38. The molecule has 0 aromatic carbocycles. The van der Waals surface area contributed by atoms with E-state index < -0.39 is 0 Å². The zero-order chi connectivity index (χ0) is 11.7. The Kier molecular flexibility index (Phi) is 2.64. The van der Waals surface area contributed by atoms with Gasteiger partial charge in [-0.25, -0.2) is 4.98 Å². The molecule has 1 aliphatic rings. The van der Waals surface area contributed by atoms with E-state index in [9.17, 15) is 0 Å². The second-order valence-corrected chi connectivity index (χ2v) is 4.26. The fraction of sp³-hybridized carbons (Fsp3) is 0.545. The van der Waals surface area contributed by atoms with E-state index in [0.29, 0.717) is 0 Å². The summed E-state index contributed by atoms with van der Waals surface area (Å²) in [4.78, 5) is 6.64. The highest BCUT2D eigenvalue weighted by atomic mass is 16.5. The van der Waals surface area contributed by atoms with E-state index in [1.807, 2.05) is 10.6 Å². The van der Waals surface area contributed by atoms with Gasteiger partial charge in [-0.3, -0.25) is 4.40 Å². The lowest BCUT2D eigenvalue weighted by molar-refractivity contribution is 0.0892. The van der Waals surface area contributed by atoms with Crippen LogP contribution in [0.5, 0.6) is 0 Å². The van der Waals surface area contributed by atoms with Crippen LogP contribution in [-0.2, 0) is 4.74 Å². The van der Waals surface area contributed by atoms with E-state index in [2.05, 4.69) is 20.1 Å². The van der Waals surface area contributed by atoms with E-state index >= 15 is 0 Å². The number of nitrogens with zero attached hydrogens (tertiary/aromatic N) is 5. The molecule has 1 saturated heterocycles. The largest absolute Gasteiger partial charge is 0.380 e. The topological polar surface area (TPSA) is 55.5 Å². The second kappa shape index (κ2) is 4.29. The van der Waals surface area contributed by atoms with Crippen molar-refractivity contribution in [2.24, 2.45) is 0 Å². The highest BCUT2D eigenvalue weighted by Crippen LogP contribution is 2.21. The molecule has 2 aromatic heterocycles. The Labute approximate surface area is 99.2 Å². The lowest BCUT2D eigenvalue weighted by Gasteiger charge is -2.32. The number of methoxy groups -OCH3 is 1. The second-order valence-electron chi connectivity index (χ2n) is 4.26. The van der Waals surface area contributed by atoms with Gasteiger partial charge in [0.2, 0.25) is 5.65 Å². The van der Waals surface area contributed by atoms with E-state index in [-0.39, 0.29) is 6.10 Å². The van der Waals surface area contributed by atoms with Crippen molar-refractivity contribution in [1.29, 1.82) is 0 Å². The van der Waals surface area contributed by atoms with E-state index in [1.165, 1.54) is 0 Å². The van der Waals surface area contributed by atoms with Crippen LogP contribution in [0, 0.1) is 0 Å². The number of piperidine rings is 1. The van der Waals surface area contributed by atoms with Crippen LogP contribution in [0.15, 0.2) is 18.7 Å². The monoisotopic (exact) mass is 233 g/mol. The van der Waals surface area contributed by atoms with Gasteiger partial charge in [0.05, 0.1) is 6.10 Å². The van der Waals surface area contributed by atoms with Crippen molar-refractivity contribution in [3.8, 4) is 0 Å². The normalized spacial score (nSPS) is 21.0. The van der Waals surface area contributed by atoms with Gasteiger partial charge in [0.25, 0.3) is 0 Å². The minimum Gasteiger partial charge on any atom is -0.380 e. The summed E-state index contributed by atoms with van der Waals surface area (Å²) in [5.74, 6) is 0.895. The third-order valence-corrected chi connectivity index (χ3v) is 3.21. The van der Waals surface area contributed by atoms with E-state index in [0.717, 1.165) is 37.4 Å². The Bertz CT molecular complexity index is 511. The highest BCUT2D eigenvalue weighted by molar-refractivity contribution is 5.63. The number of hydrogen-bond acceptors (Lipinski definition) is 5. The minimum absolute atomic E-state index is 0.286. The zero-order valence-electron chi connectivity index (χ0n) is 9.78. The third-order valence-electron chi connectivity index (χ3n) is 3.21. The molecule has 6 nitrogen and oxygen atoms in total. The van der Waals surface area contributed by atoms with Gasteiger partial charge in [0, 0.05) is 32.6 Å². The van der Waals surface area contributed by atoms with Crippen molar-refractivity contribution in [3.63, 3.8) is 0 Å². The van der Waals surface area contributed by atoms with Gasteiger partial charge in [0.15, 0.2) is 5.82 Å². The molecule has 0 bridgehead atoms. The maximum absolute atomic E-state index is 5.42. The van der Waals surface area contributed by atoms with Crippen molar-refractivity contribution in [1.82, 2.24) is 19.6 Å². The van der Waals surface area contributed by atoms with Gasteiger partial charge in [-0.1, -0.05) is 0 Å². The first-order valence-electron chi connectivity index (χ1n) is 5.80. The Morgan fingerprint density at radius 1 is 1.47 bits per heavy atom. The molecule has 0 aliphatic carbocycles. The summed E-state index contributed by atoms with van der Waals surface area (Å²) < 4.78 is 7.31. The molecular formula is C11H15N5O. The zero-order valence-corrected chi connectivity index (χ0v) is 9.78. The van der Waals surface area contributed by atoms with Crippen molar-refractivity contribution < 1.29 is 4.74 Å². The molecule has 17 heavy (non-hydrogen) atoms. The summed E-state index contributed by atoms with van der Waals surface area (Å²) in [6.07, 6.45) is 7.85. The van der Waals surface area contributed by atoms with Crippen LogP contribution >= 0.6 is 0 Å². The molecule has 0 N–H and O–H groups in total. The molecule has 1 aliphatic heterocycles. The first kappa shape index (κ1) is 10.5. The Balaban J connectivity index is 1.94. The number of rotatable bonds is 2. The SMILES string of the molecule is COC1CCCN(c2nccn3cnnc23)C1. The molecule has 2 aromatic rings. The maximum Gasteiger partial charge on any atom is 0.203 e. The van der Waals surface area contributed by atoms with Gasteiger partial charge in [-0.2, -0.15) is 0 Å². The lowest BCUT2D eigenvalue weighted by Crippen LogP contribution is -2.39. The van der Waals surface area contributed by atoms with Crippen molar-refractivity contribution in [2.75, 3.05) is 25.1 Å². The molecule has 1 fully saturated rings. The van der Waals surface area contributed by atoms with Crippen molar-refractivity contribution >= 4 is 11.5 Å². The molecule has 1 atom stereocenters. The average molecular weight is 233 g/mol. The third kappa shape index (κ3) is 1.84. The summed E-state index contributed by atoms with van der Waals surface area (Å²) >= 11 is 0. The molecule has 90 valence electrons. The summed E-state index contributed by atoms with van der Waals surface area (Å²) in [5, 5.41) is 8.02. The van der Waals surface area contributed by atoms with Crippen molar-refractivity contribution in [3.05, 3.63) is 18.7 Å². The Morgan fingerprint density at radius 2 is 2.41 bits per heavy atom. The molecular weight excluding hydrogens is 218 g/mol. The van der Waals surface area contributed by atoms with Crippen molar-refractivity contribution in [2.45, 2.75) is 18.9 Å². The van der Waals surface area contributed by atoms with Crippen LogP contribution in [0.25, 0.3) is 5.65 Å². The summed E-state index contributed by atoms with van der Waals surface area (Å²) in [5.41, 5.74) is 0.809. The molecule has 1 unspecified atom stereocenters. The van der Waals surface area contributed by atoms with Gasteiger partial charge >= 0.3 is 0 Å². The summed E-state index contributed by atoms with van der Waals surface area (Å²) in [6, 6.07) is 0. The van der Waals surface area contributed by atoms with Crippen LogP contribution in [0.1, 0.15) is 12.8 Å². The van der Waals surface area contributed by atoms with E-state index in [4.69, 9.17) is 4.74 Å². The lowest BCUT2D eigenvalue weighted by atomic mass is 10.1. The maximum atomic E-state index is 5.42. The highest BCUT2D eigenvalue weighted by Gasteiger charge is 2.22. The number of aromatic nitrogens is 4. The number of hydrogen-bond donors (Lipinski definition) is 0. The van der Waals surface area contributed by atoms with Crippen LogP contribution in [0.4, 0.5) is 5.82 Å². The van der Waals surface area contributed by atoms with Crippen LogP contribution < -0.4 is 4.90 Å². The first-order valence-corrected chi connectivity index (χ1v) is 5.80. The van der Waals surface area contributed by atoms with Gasteiger partial charge in [-0.05, 0) is 12.8 Å². The fourth-order valence-corrected chi connectivity index (χ4v) is 2.29. The number of ether oxygens (including phenoxy) is 1. The molecule has 0 saturated carbocycles. The number of fused-ring (bicyclic) bond motifs is 1. The Hall–Kier alpha value is -1.69. The van der Waals surface area contributed by atoms with Gasteiger partial charge in [-0.15, -0.1) is 10.2 Å². The molecule has 0 spiro atoms. The molecule has 3 rings (SSSR count). The predicted octanol–water partition coefficient (Wildman–Crippen LogP) is 0.740. The minimum atomic E-state index is 0.286. The number of anilines is 1. The smallest absolute Gasteiger partial charge is 0.203 e. The van der Waals surface area contributed by atoms with Crippen LogP contribution in [-0.4, -0.2) is 45.9 Å². The summed E-state index contributed by atoms with van der Waals surface area (Å²) in [7, 11) is 1.76. The summed E-state index contributed by atoms with van der Waals surface area (Å²) in [6.45, 7) is 1.87. The van der Waals surface area contributed by atoms with Gasteiger partial charge in [0.1, 0.15) is 6.33 Å². The average Bonchev–Trinajstić information content (AvgIpc) is 2.87. The van der Waals surface area contributed by atoms with Crippen LogP contribution in [0.2, 0.25) is 0 Å². The molecule has 0 amide bonds. The standard InChI is InChI=1S/C11H15N5O/c1-17-9-3-2-5-15(7-9)10-11-14-13-8-16(11)6-4-12-10/h4,6,8-9H,2-3,5,7H2,1H3.